The lowest BCUT2D eigenvalue weighted by Crippen LogP contribution is -2.48. The van der Waals surface area contributed by atoms with Crippen LogP contribution in [0.4, 0.5) is 4.79 Å². The average molecular weight is 393 g/mol. The Morgan fingerprint density at radius 2 is 1.66 bits per heavy atom. The number of carbonyl (C=O) groups is 2. The van der Waals surface area contributed by atoms with Crippen molar-refractivity contribution in [3.63, 3.8) is 0 Å². The zero-order valence-electron chi connectivity index (χ0n) is 16.9. The van der Waals surface area contributed by atoms with E-state index in [1.165, 1.54) is 5.56 Å². The van der Waals surface area contributed by atoms with Gasteiger partial charge in [-0.1, -0.05) is 67.6 Å². The number of nitrogens with zero attached hydrogens (tertiary/aromatic N) is 1. The van der Waals surface area contributed by atoms with E-state index in [4.69, 9.17) is 4.74 Å². The van der Waals surface area contributed by atoms with Crippen LogP contribution < -0.4 is 10.6 Å². The van der Waals surface area contributed by atoms with E-state index in [2.05, 4.69) is 34.6 Å². The highest BCUT2D eigenvalue weighted by atomic mass is 16.5. The van der Waals surface area contributed by atoms with E-state index in [1.54, 1.807) is 6.92 Å². The molecule has 2 aromatic rings. The van der Waals surface area contributed by atoms with E-state index in [9.17, 15) is 9.59 Å². The van der Waals surface area contributed by atoms with Crippen LogP contribution in [-0.4, -0.2) is 36.6 Å². The predicted molar refractivity (Wildman–Crippen MR) is 112 cm³/mol. The molecule has 0 radical (unpaired) electrons. The van der Waals surface area contributed by atoms with Gasteiger partial charge in [-0.15, -0.1) is 0 Å². The molecule has 1 aliphatic heterocycles. The highest BCUT2D eigenvalue weighted by molar-refractivity contribution is 5.95. The molecule has 2 aromatic carbocycles. The Morgan fingerprint density at radius 1 is 1.00 bits per heavy atom. The summed E-state index contributed by atoms with van der Waals surface area (Å²) in [6, 6.07) is 18.7. The molecular formula is C23H27N3O3. The van der Waals surface area contributed by atoms with Crippen molar-refractivity contribution in [2.75, 3.05) is 19.7 Å². The molecule has 0 fully saturated rings. The van der Waals surface area contributed by atoms with Crippen molar-refractivity contribution >= 4 is 12.0 Å². The van der Waals surface area contributed by atoms with Gasteiger partial charge in [0, 0.05) is 18.8 Å². The topological polar surface area (TPSA) is 70.7 Å². The molecule has 6 heteroatoms. The monoisotopic (exact) mass is 393 g/mol. The zero-order chi connectivity index (χ0) is 20.6. The molecule has 0 aliphatic carbocycles. The van der Waals surface area contributed by atoms with Gasteiger partial charge in [0.1, 0.15) is 0 Å². The molecule has 1 heterocycles. The van der Waals surface area contributed by atoms with Crippen LogP contribution >= 0.6 is 0 Å². The van der Waals surface area contributed by atoms with Crippen LogP contribution in [0.1, 0.15) is 31.0 Å². The van der Waals surface area contributed by atoms with E-state index in [-0.39, 0.29) is 12.6 Å². The second-order valence-corrected chi connectivity index (χ2v) is 6.84. The minimum absolute atomic E-state index is 0.270. The Hall–Kier alpha value is -3.12. The first-order valence-corrected chi connectivity index (χ1v) is 9.91. The lowest BCUT2D eigenvalue weighted by atomic mass is 9.95. The second-order valence-electron chi connectivity index (χ2n) is 6.84. The molecule has 0 saturated carbocycles. The predicted octanol–water partition coefficient (Wildman–Crippen LogP) is 3.38. The molecule has 1 aliphatic rings. The lowest BCUT2D eigenvalue weighted by molar-refractivity contribution is -0.139. The van der Waals surface area contributed by atoms with Crippen LogP contribution in [0.25, 0.3) is 0 Å². The Bertz CT molecular complexity index is 865. The van der Waals surface area contributed by atoms with E-state index in [1.807, 2.05) is 48.5 Å². The lowest BCUT2D eigenvalue weighted by Gasteiger charge is -2.32. The van der Waals surface area contributed by atoms with Crippen molar-refractivity contribution in [1.29, 1.82) is 0 Å². The van der Waals surface area contributed by atoms with Gasteiger partial charge >= 0.3 is 12.0 Å². The summed E-state index contributed by atoms with van der Waals surface area (Å²) in [5, 5.41) is 5.71. The highest BCUT2D eigenvalue weighted by Gasteiger charge is 2.34. The Kier molecular flexibility index (Phi) is 7.03. The number of amides is 2. The summed E-state index contributed by atoms with van der Waals surface area (Å²) in [4.78, 5) is 27.4. The first-order chi connectivity index (χ1) is 14.1. The summed E-state index contributed by atoms with van der Waals surface area (Å²) >= 11 is 0. The first kappa shape index (κ1) is 20.6. The first-order valence-electron chi connectivity index (χ1n) is 9.91. The van der Waals surface area contributed by atoms with Gasteiger partial charge in [-0.2, -0.15) is 0 Å². The zero-order valence-corrected chi connectivity index (χ0v) is 16.9. The smallest absolute Gasteiger partial charge is 0.338 e. The third-order valence-electron chi connectivity index (χ3n) is 4.86. The molecule has 0 unspecified atom stereocenters. The Morgan fingerprint density at radius 3 is 2.28 bits per heavy atom. The summed E-state index contributed by atoms with van der Waals surface area (Å²) in [7, 11) is 0. The minimum Gasteiger partial charge on any atom is -0.463 e. The van der Waals surface area contributed by atoms with Gasteiger partial charge in [-0.25, -0.2) is 9.59 Å². The van der Waals surface area contributed by atoms with Gasteiger partial charge < -0.3 is 15.4 Å². The molecule has 1 atom stereocenters. The van der Waals surface area contributed by atoms with E-state index >= 15 is 0 Å². The highest BCUT2D eigenvalue weighted by Crippen LogP contribution is 2.28. The summed E-state index contributed by atoms with van der Waals surface area (Å²) in [6.07, 6.45) is 0. The van der Waals surface area contributed by atoms with Crippen molar-refractivity contribution in [2.24, 2.45) is 0 Å². The summed E-state index contributed by atoms with van der Waals surface area (Å²) < 4.78 is 5.33. The largest absolute Gasteiger partial charge is 0.463 e. The number of ether oxygens (including phenoxy) is 1. The molecule has 2 amide bonds. The van der Waals surface area contributed by atoms with Crippen molar-refractivity contribution < 1.29 is 14.3 Å². The van der Waals surface area contributed by atoms with Crippen LogP contribution in [0.3, 0.4) is 0 Å². The molecule has 0 saturated heterocycles. The van der Waals surface area contributed by atoms with Crippen molar-refractivity contribution in [3.05, 3.63) is 83.1 Å². The molecule has 0 spiro atoms. The molecular weight excluding hydrogens is 366 g/mol. The normalized spacial score (nSPS) is 16.4. The van der Waals surface area contributed by atoms with Gasteiger partial charge in [-0.05, 0) is 24.6 Å². The summed E-state index contributed by atoms with van der Waals surface area (Å²) in [6.45, 7) is 6.04. The fourth-order valence-corrected chi connectivity index (χ4v) is 3.43. The van der Waals surface area contributed by atoms with E-state index in [0.717, 1.165) is 18.7 Å². The number of likely N-dealkylation sites (N-methyl/N-ethyl adjacent to an activating group) is 1. The van der Waals surface area contributed by atoms with Gasteiger partial charge in [0.05, 0.1) is 18.2 Å². The van der Waals surface area contributed by atoms with Crippen LogP contribution in [0.5, 0.6) is 0 Å². The number of nitrogens with one attached hydrogen (secondary N) is 2. The maximum Gasteiger partial charge on any atom is 0.338 e. The number of hydrogen-bond acceptors (Lipinski definition) is 4. The second kappa shape index (κ2) is 9.89. The van der Waals surface area contributed by atoms with Crippen molar-refractivity contribution in [2.45, 2.75) is 26.4 Å². The van der Waals surface area contributed by atoms with Crippen LogP contribution in [0, 0.1) is 0 Å². The van der Waals surface area contributed by atoms with E-state index in [0.29, 0.717) is 17.8 Å². The standard InChI is InChI=1S/C23H27N3O3/c1-3-26(15-17-11-7-5-8-12-17)16-19-20(22(27)29-4-2)21(25-23(28)24-19)18-13-9-6-10-14-18/h5-14,21H,3-4,15-16H2,1-2H3,(H2,24,25,28)/t21-/m1/s1. The van der Waals surface area contributed by atoms with Gasteiger partial charge in [0.25, 0.3) is 0 Å². The molecule has 152 valence electrons. The third kappa shape index (κ3) is 5.23. The average Bonchev–Trinajstić information content (AvgIpc) is 2.74. The van der Waals surface area contributed by atoms with Crippen molar-refractivity contribution in [3.8, 4) is 0 Å². The maximum atomic E-state index is 12.8. The third-order valence-corrected chi connectivity index (χ3v) is 4.86. The number of hydrogen-bond donors (Lipinski definition) is 2. The van der Waals surface area contributed by atoms with Crippen molar-refractivity contribution in [1.82, 2.24) is 15.5 Å². The number of benzene rings is 2. The Balaban J connectivity index is 1.95. The van der Waals surface area contributed by atoms with Crippen LogP contribution in [0.15, 0.2) is 71.9 Å². The number of esters is 1. The molecule has 6 nitrogen and oxygen atoms in total. The number of carbonyl (C=O) groups excluding carboxylic acids is 2. The molecule has 29 heavy (non-hydrogen) atoms. The summed E-state index contributed by atoms with van der Waals surface area (Å²) in [5.41, 5.74) is 3.05. The minimum atomic E-state index is -0.547. The van der Waals surface area contributed by atoms with E-state index < -0.39 is 12.0 Å². The SMILES string of the molecule is CCOC(=O)C1=C(CN(CC)Cc2ccccc2)NC(=O)N[C@@H]1c1ccccc1. The van der Waals surface area contributed by atoms with Crippen LogP contribution in [0.2, 0.25) is 0 Å². The Labute approximate surface area is 171 Å². The molecule has 0 aromatic heterocycles. The molecule has 3 rings (SSSR count). The quantitative estimate of drug-likeness (QED) is 0.675. The number of urea groups is 1. The fraction of sp³-hybridized carbons (Fsp3) is 0.304. The summed E-state index contributed by atoms with van der Waals surface area (Å²) in [5.74, 6) is -0.417. The van der Waals surface area contributed by atoms with Crippen LogP contribution in [-0.2, 0) is 16.1 Å². The van der Waals surface area contributed by atoms with Gasteiger partial charge in [-0.3, -0.25) is 4.90 Å². The molecule has 0 bridgehead atoms. The number of rotatable bonds is 8. The van der Waals surface area contributed by atoms with Gasteiger partial charge in [0.15, 0.2) is 0 Å². The molecule has 2 N–H and O–H groups in total. The fourth-order valence-electron chi connectivity index (χ4n) is 3.43. The maximum absolute atomic E-state index is 12.8. The van der Waals surface area contributed by atoms with Gasteiger partial charge in [0.2, 0.25) is 0 Å².